The van der Waals surface area contributed by atoms with Gasteiger partial charge in [0.25, 0.3) is 11.8 Å². The van der Waals surface area contributed by atoms with Gasteiger partial charge in [0.05, 0.1) is 48.8 Å². The molecule has 4 aliphatic rings. The number of benzene rings is 2. The number of carbonyl (C=O) groups is 4. The molecule has 4 atom stereocenters. The van der Waals surface area contributed by atoms with E-state index < -0.39 is 36.7 Å². The van der Waals surface area contributed by atoms with Crippen LogP contribution >= 0.6 is 0 Å². The van der Waals surface area contributed by atoms with Crippen molar-refractivity contribution in [3.8, 4) is 17.2 Å². The second-order valence-corrected chi connectivity index (χ2v) is 15.1. The minimum Gasteiger partial charge on any atom is -0.504 e. The van der Waals surface area contributed by atoms with Crippen LogP contribution in [-0.2, 0) is 14.2 Å². The Morgan fingerprint density at radius 2 is 1.20 bits per heavy atom. The van der Waals surface area contributed by atoms with Crippen LogP contribution in [0.3, 0.4) is 0 Å². The Balaban J connectivity index is 0.000000194. The molecule has 0 saturated heterocycles. The van der Waals surface area contributed by atoms with Crippen molar-refractivity contribution in [3.05, 3.63) is 127 Å². The number of hydrogen-bond donors (Lipinski definition) is 2. The summed E-state index contributed by atoms with van der Waals surface area (Å²) in [6.45, 7) is 9.42. The van der Waals surface area contributed by atoms with E-state index in [1.807, 2.05) is 12.2 Å². The summed E-state index contributed by atoms with van der Waals surface area (Å²) < 4.78 is 26.9. The van der Waals surface area contributed by atoms with Crippen LogP contribution in [0.4, 0.5) is 21.0 Å². The summed E-state index contributed by atoms with van der Waals surface area (Å²) in [7, 11) is 4.36. The lowest BCUT2D eigenvalue weighted by Gasteiger charge is -2.40. The van der Waals surface area contributed by atoms with Crippen molar-refractivity contribution in [2.24, 2.45) is 0 Å². The number of rotatable bonds is 9. The van der Waals surface area contributed by atoms with Crippen molar-refractivity contribution in [1.82, 2.24) is 29.7 Å². The Morgan fingerprint density at radius 1 is 0.723 bits per heavy atom. The first-order chi connectivity index (χ1) is 31.4. The largest absolute Gasteiger partial charge is 0.504 e. The Morgan fingerprint density at radius 3 is 1.71 bits per heavy atom. The van der Waals surface area contributed by atoms with Gasteiger partial charge in [-0.05, 0) is 54.7 Å². The van der Waals surface area contributed by atoms with E-state index in [4.69, 9.17) is 23.7 Å². The Hall–Kier alpha value is -7.64. The molecule has 2 unspecified atom stereocenters. The van der Waals surface area contributed by atoms with Gasteiger partial charge in [-0.25, -0.2) is 39.3 Å². The third-order valence-electron chi connectivity index (χ3n) is 11.4. The second kappa shape index (κ2) is 19.8. The van der Waals surface area contributed by atoms with Crippen molar-refractivity contribution in [2.75, 3.05) is 57.4 Å². The molecule has 4 aromatic rings. The summed E-state index contributed by atoms with van der Waals surface area (Å²) in [4.78, 5) is 75.1. The highest BCUT2D eigenvalue weighted by molar-refractivity contribution is 6.07. The van der Waals surface area contributed by atoms with E-state index in [0.717, 1.165) is 27.2 Å². The normalized spacial score (nSPS) is 19.8. The van der Waals surface area contributed by atoms with Crippen LogP contribution in [0.2, 0.25) is 0 Å². The smallest absolute Gasteiger partial charge is 0.416 e. The van der Waals surface area contributed by atoms with E-state index >= 15 is 0 Å². The van der Waals surface area contributed by atoms with Gasteiger partial charge in [-0.1, -0.05) is 37.5 Å². The summed E-state index contributed by atoms with van der Waals surface area (Å²) in [6, 6.07) is 4.74. The molecule has 2 aromatic carbocycles. The number of fused-ring (bicyclic) bond motifs is 4. The zero-order valence-corrected chi connectivity index (χ0v) is 36.2. The zero-order valence-electron chi connectivity index (χ0n) is 36.2. The average molecular weight is 889 g/mol. The van der Waals surface area contributed by atoms with E-state index in [9.17, 15) is 29.4 Å². The number of hydrogen-bond acceptors (Lipinski definition) is 15. The number of methoxy groups -OCH3 is 3. The first kappa shape index (κ1) is 45.4. The quantitative estimate of drug-likeness (QED) is 0.208. The molecule has 4 aliphatic heterocycles. The number of ether oxygens (including phenoxy) is 5. The fourth-order valence-corrected chi connectivity index (χ4v) is 8.27. The van der Waals surface area contributed by atoms with E-state index in [1.165, 1.54) is 63.2 Å². The number of phenolic OH excluding ortho intramolecular Hbond substituents is 1. The maximum Gasteiger partial charge on any atom is 0.416 e. The molecule has 6 heterocycles. The SMILES string of the molecule is C=CCOC(=O)N1c2cc(C)c(OC)cc2C(=O)N2CC=C(c3cncnc3)C[C@H]2C1O.C=CCOC(=O)N1c2cc(O)c(OC)cc2C(=O)N2CC=C(c3cncnc3)C[C@H]2C1OC. The lowest BCUT2D eigenvalue weighted by Crippen LogP contribution is -2.55. The lowest BCUT2D eigenvalue weighted by atomic mass is 9.94. The molecular weight excluding hydrogens is 841 g/mol. The van der Waals surface area contributed by atoms with Crippen molar-refractivity contribution in [2.45, 2.75) is 44.3 Å². The summed E-state index contributed by atoms with van der Waals surface area (Å²) >= 11 is 0. The van der Waals surface area contributed by atoms with Crippen molar-refractivity contribution in [3.63, 3.8) is 0 Å². The summed E-state index contributed by atoms with van der Waals surface area (Å²) in [5, 5.41) is 21.8. The second-order valence-electron chi connectivity index (χ2n) is 15.1. The molecule has 19 heteroatoms. The van der Waals surface area contributed by atoms with Gasteiger partial charge in [0, 0.05) is 62.2 Å². The molecule has 19 nitrogen and oxygen atoms in total. The molecule has 2 aromatic heterocycles. The van der Waals surface area contributed by atoms with Crippen LogP contribution in [0.15, 0.2) is 99.2 Å². The molecule has 0 aliphatic carbocycles. The van der Waals surface area contributed by atoms with Gasteiger partial charge >= 0.3 is 12.2 Å². The van der Waals surface area contributed by atoms with Crippen LogP contribution in [0.5, 0.6) is 17.2 Å². The van der Waals surface area contributed by atoms with Crippen molar-refractivity contribution >= 4 is 46.5 Å². The number of aromatic nitrogens is 4. The topological polar surface area (TPSA) is 219 Å². The molecule has 0 spiro atoms. The maximum atomic E-state index is 13.6. The zero-order chi connectivity index (χ0) is 46.4. The molecule has 0 radical (unpaired) electrons. The number of aryl methyl sites for hydroxylation is 1. The first-order valence-corrected chi connectivity index (χ1v) is 20.4. The molecule has 338 valence electrons. The van der Waals surface area contributed by atoms with E-state index in [-0.39, 0.29) is 72.1 Å². The molecule has 0 bridgehead atoms. The van der Waals surface area contributed by atoms with E-state index in [1.54, 1.807) is 53.6 Å². The minimum atomic E-state index is -1.33. The Labute approximate surface area is 374 Å². The van der Waals surface area contributed by atoms with Crippen LogP contribution < -0.4 is 19.3 Å². The fraction of sp³-hybridized carbons (Fsp3) is 0.304. The molecule has 4 amide bonds. The number of nitrogens with zero attached hydrogens (tertiary/aromatic N) is 8. The summed E-state index contributed by atoms with van der Waals surface area (Å²) in [6.07, 6.45) is 13.3. The van der Waals surface area contributed by atoms with E-state index in [0.29, 0.717) is 24.2 Å². The predicted molar refractivity (Wildman–Crippen MR) is 236 cm³/mol. The highest BCUT2D eigenvalue weighted by atomic mass is 16.6. The number of amides is 4. The molecule has 0 saturated carbocycles. The summed E-state index contributed by atoms with van der Waals surface area (Å²) in [5.41, 5.74) is 5.03. The predicted octanol–water partition coefficient (Wildman–Crippen LogP) is 5.16. The molecule has 65 heavy (non-hydrogen) atoms. The fourth-order valence-electron chi connectivity index (χ4n) is 8.27. The van der Waals surface area contributed by atoms with Gasteiger partial charge in [-0.15, -0.1) is 0 Å². The van der Waals surface area contributed by atoms with Crippen LogP contribution in [-0.4, -0.2) is 136 Å². The average Bonchev–Trinajstić information content (AvgIpc) is 3.49. The number of carbonyl (C=O) groups excluding carboxylic acids is 4. The van der Waals surface area contributed by atoms with Gasteiger partial charge in [0.15, 0.2) is 24.0 Å². The highest BCUT2D eigenvalue weighted by Crippen LogP contribution is 2.43. The number of aliphatic hydroxyl groups excluding tert-OH is 1. The number of aliphatic hydroxyl groups is 1. The molecule has 2 N–H and O–H groups in total. The molecule has 0 fully saturated rings. The molecular formula is C46H48N8O11. The number of aromatic hydroxyl groups is 1. The third kappa shape index (κ3) is 8.96. The van der Waals surface area contributed by atoms with Crippen LogP contribution in [0, 0.1) is 6.92 Å². The van der Waals surface area contributed by atoms with Gasteiger partial charge in [0.2, 0.25) is 0 Å². The van der Waals surface area contributed by atoms with Gasteiger partial charge in [-0.2, -0.15) is 0 Å². The monoisotopic (exact) mass is 888 g/mol. The van der Waals surface area contributed by atoms with Crippen LogP contribution in [0.1, 0.15) is 50.2 Å². The molecule has 8 rings (SSSR count). The standard InChI is InChI=1S/C23H24N4O6.C23H24N4O5/c1-4-7-33-23(30)27-17-10-19(28)20(31-2)9-16(17)21(29)26-6-5-14(8-18(26)22(27)32-3)15-11-24-13-25-12-15;1-4-7-32-23(30)27-18-8-14(2)20(31-3)10-17(18)21(28)26-6-5-15(9-19(26)22(27)29)16-11-24-13-25-12-16/h4-5,9-13,18,22,28H,1,6-8H2,2-3H3;4-5,8,10-13,19,22,29H,1,6-7,9H2,2-3H3/t18-,22?;19-,22?/m00/s1. The number of anilines is 2. The third-order valence-corrected chi connectivity index (χ3v) is 11.4. The maximum absolute atomic E-state index is 13.6. The van der Waals surface area contributed by atoms with Crippen molar-refractivity contribution < 1.29 is 53.1 Å². The van der Waals surface area contributed by atoms with Crippen molar-refractivity contribution in [1.29, 1.82) is 0 Å². The van der Waals surface area contributed by atoms with E-state index in [2.05, 4.69) is 33.1 Å². The first-order valence-electron chi connectivity index (χ1n) is 20.4. The highest BCUT2D eigenvalue weighted by Gasteiger charge is 2.47. The van der Waals surface area contributed by atoms with Crippen LogP contribution in [0.25, 0.3) is 11.1 Å². The van der Waals surface area contributed by atoms with Gasteiger partial charge < -0.3 is 43.7 Å². The minimum absolute atomic E-state index is 0.0264. The Bertz CT molecular complexity index is 2540. The Kier molecular flexibility index (Phi) is 13.8. The van der Waals surface area contributed by atoms with Gasteiger partial charge in [-0.3, -0.25) is 9.59 Å². The lowest BCUT2D eigenvalue weighted by molar-refractivity contribution is 0.0175. The van der Waals surface area contributed by atoms with Gasteiger partial charge in [0.1, 0.15) is 31.6 Å². The number of phenols is 1. The summed E-state index contributed by atoms with van der Waals surface area (Å²) in [5.74, 6) is -0.224.